The lowest BCUT2D eigenvalue weighted by Crippen LogP contribution is -2.42. The van der Waals surface area contributed by atoms with Gasteiger partial charge in [-0.15, -0.1) is 0 Å². The van der Waals surface area contributed by atoms with Crippen LogP contribution in [0.5, 0.6) is 0 Å². The van der Waals surface area contributed by atoms with Gasteiger partial charge in [-0.3, -0.25) is 4.79 Å². The average Bonchev–Trinajstić information content (AvgIpc) is 2.45. The molecular formula is C7H8F3NO3. The zero-order valence-electron chi connectivity index (χ0n) is 7.22. The highest BCUT2D eigenvalue weighted by molar-refractivity contribution is 5.88. The summed E-state index contributed by atoms with van der Waals surface area (Å²) < 4.78 is 41.0. The molecule has 0 radical (unpaired) electrons. The van der Waals surface area contributed by atoms with Crippen LogP contribution in [0.3, 0.4) is 0 Å². The predicted molar refractivity (Wildman–Crippen MR) is 38.1 cm³/mol. The molecule has 7 heteroatoms. The van der Waals surface area contributed by atoms with Gasteiger partial charge in [0, 0.05) is 6.42 Å². The number of ether oxygens (including phenoxy) is 1. The largest absolute Gasteiger partial charge is 0.467 e. The molecule has 0 aromatic carbocycles. The molecule has 1 aliphatic heterocycles. The van der Waals surface area contributed by atoms with E-state index in [0.29, 0.717) is 0 Å². The minimum Gasteiger partial charge on any atom is -0.467 e. The SMILES string of the molecule is COC(=O)[C@H]1NC(=O)C[C@H]1C(F)(F)F. The van der Waals surface area contributed by atoms with E-state index in [1.807, 2.05) is 5.32 Å². The lowest BCUT2D eigenvalue weighted by Gasteiger charge is -2.18. The fourth-order valence-electron chi connectivity index (χ4n) is 1.31. The molecule has 0 aliphatic carbocycles. The predicted octanol–water partition coefficient (Wildman–Crippen LogP) is 0.226. The molecule has 1 N–H and O–H groups in total. The van der Waals surface area contributed by atoms with E-state index < -0.39 is 36.4 Å². The number of carbonyl (C=O) groups is 2. The second-order valence-corrected chi connectivity index (χ2v) is 2.92. The number of esters is 1. The van der Waals surface area contributed by atoms with E-state index in [4.69, 9.17) is 0 Å². The summed E-state index contributed by atoms with van der Waals surface area (Å²) in [6.07, 6.45) is -5.29. The Morgan fingerprint density at radius 3 is 2.57 bits per heavy atom. The van der Waals surface area contributed by atoms with Crippen molar-refractivity contribution in [2.24, 2.45) is 5.92 Å². The monoisotopic (exact) mass is 211 g/mol. The molecule has 1 fully saturated rings. The minimum absolute atomic E-state index is 0.719. The van der Waals surface area contributed by atoms with Crippen LogP contribution in [0.1, 0.15) is 6.42 Å². The van der Waals surface area contributed by atoms with Crippen LogP contribution in [-0.2, 0) is 14.3 Å². The van der Waals surface area contributed by atoms with Crippen molar-refractivity contribution in [2.75, 3.05) is 7.11 Å². The molecule has 0 aromatic heterocycles. The van der Waals surface area contributed by atoms with Gasteiger partial charge in [0.15, 0.2) is 0 Å². The van der Waals surface area contributed by atoms with Gasteiger partial charge in [0.2, 0.25) is 5.91 Å². The molecule has 1 saturated heterocycles. The van der Waals surface area contributed by atoms with Crippen LogP contribution in [0.2, 0.25) is 0 Å². The fourth-order valence-corrected chi connectivity index (χ4v) is 1.31. The molecule has 2 atom stereocenters. The molecule has 1 heterocycles. The summed E-state index contributed by atoms with van der Waals surface area (Å²) in [6, 6.07) is -1.60. The van der Waals surface area contributed by atoms with Gasteiger partial charge in [-0.25, -0.2) is 4.79 Å². The van der Waals surface area contributed by atoms with Crippen molar-refractivity contribution in [3.63, 3.8) is 0 Å². The van der Waals surface area contributed by atoms with E-state index in [0.717, 1.165) is 7.11 Å². The molecule has 0 aromatic rings. The number of nitrogens with one attached hydrogen (secondary N) is 1. The Morgan fingerprint density at radius 2 is 2.14 bits per heavy atom. The van der Waals surface area contributed by atoms with Crippen molar-refractivity contribution in [1.82, 2.24) is 5.32 Å². The Morgan fingerprint density at radius 1 is 1.57 bits per heavy atom. The Hall–Kier alpha value is -1.27. The third-order valence-corrected chi connectivity index (χ3v) is 2.00. The summed E-state index contributed by atoms with van der Waals surface area (Å²) in [5.74, 6) is -3.84. The van der Waals surface area contributed by atoms with Crippen LogP contribution in [0.25, 0.3) is 0 Å². The number of halogens is 3. The van der Waals surface area contributed by atoms with Crippen LogP contribution in [-0.4, -0.2) is 31.2 Å². The summed E-state index contributed by atoms with van der Waals surface area (Å²) in [4.78, 5) is 21.6. The number of carbonyl (C=O) groups excluding carboxylic acids is 2. The zero-order chi connectivity index (χ0) is 10.9. The Bertz CT molecular complexity index is 263. The minimum atomic E-state index is -4.57. The molecule has 1 rings (SSSR count). The fraction of sp³-hybridized carbons (Fsp3) is 0.714. The van der Waals surface area contributed by atoms with Gasteiger partial charge >= 0.3 is 12.1 Å². The highest BCUT2D eigenvalue weighted by Gasteiger charge is 2.53. The van der Waals surface area contributed by atoms with Crippen LogP contribution in [0.4, 0.5) is 13.2 Å². The van der Waals surface area contributed by atoms with E-state index in [9.17, 15) is 22.8 Å². The van der Waals surface area contributed by atoms with Gasteiger partial charge in [0.05, 0.1) is 13.0 Å². The smallest absolute Gasteiger partial charge is 0.394 e. The Balaban J connectivity index is 2.83. The maximum absolute atomic E-state index is 12.3. The molecule has 14 heavy (non-hydrogen) atoms. The molecule has 0 saturated carbocycles. The topological polar surface area (TPSA) is 55.4 Å². The van der Waals surface area contributed by atoms with E-state index >= 15 is 0 Å². The number of methoxy groups -OCH3 is 1. The molecule has 1 aliphatic rings. The lowest BCUT2D eigenvalue weighted by atomic mass is 10.0. The third kappa shape index (κ3) is 1.97. The first-order valence-corrected chi connectivity index (χ1v) is 3.80. The number of alkyl halides is 3. The van der Waals surface area contributed by atoms with Gasteiger partial charge in [-0.1, -0.05) is 0 Å². The number of rotatable bonds is 1. The third-order valence-electron chi connectivity index (χ3n) is 2.00. The average molecular weight is 211 g/mol. The van der Waals surface area contributed by atoms with Gasteiger partial charge in [-0.2, -0.15) is 13.2 Å². The normalized spacial score (nSPS) is 27.3. The van der Waals surface area contributed by atoms with E-state index in [2.05, 4.69) is 4.74 Å². The molecule has 0 spiro atoms. The summed E-state index contributed by atoms with van der Waals surface area (Å²) in [5, 5.41) is 1.93. The second kappa shape index (κ2) is 3.47. The highest BCUT2D eigenvalue weighted by atomic mass is 19.4. The quantitative estimate of drug-likeness (QED) is 0.631. The van der Waals surface area contributed by atoms with E-state index in [1.165, 1.54) is 0 Å². The van der Waals surface area contributed by atoms with Crippen molar-refractivity contribution in [3.05, 3.63) is 0 Å². The lowest BCUT2D eigenvalue weighted by molar-refractivity contribution is -0.185. The van der Waals surface area contributed by atoms with Crippen LogP contribution < -0.4 is 5.32 Å². The Kier molecular flexibility index (Phi) is 2.68. The van der Waals surface area contributed by atoms with Crippen molar-refractivity contribution in [1.29, 1.82) is 0 Å². The van der Waals surface area contributed by atoms with Crippen LogP contribution >= 0.6 is 0 Å². The number of hydrogen-bond acceptors (Lipinski definition) is 3. The van der Waals surface area contributed by atoms with Crippen molar-refractivity contribution in [2.45, 2.75) is 18.6 Å². The first-order chi connectivity index (χ1) is 6.36. The van der Waals surface area contributed by atoms with Crippen LogP contribution in [0.15, 0.2) is 0 Å². The summed E-state index contributed by atoms with van der Waals surface area (Å²) in [5.41, 5.74) is 0. The van der Waals surface area contributed by atoms with Gasteiger partial charge in [0.1, 0.15) is 6.04 Å². The maximum atomic E-state index is 12.3. The zero-order valence-corrected chi connectivity index (χ0v) is 7.22. The molecule has 80 valence electrons. The summed E-state index contributed by atoms with van der Waals surface area (Å²) in [7, 11) is 0.972. The first-order valence-electron chi connectivity index (χ1n) is 3.80. The number of amides is 1. The standard InChI is InChI=1S/C7H8F3NO3/c1-14-6(13)5-3(7(8,9)10)2-4(12)11-5/h3,5H,2H2,1H3,(H,11,12)/t3-,5+/m1/s1. The molecular weight excluding hydrogens is 203 g/mol. The van der Waals surface area contributed by atoms with Crippen LogP contribution in [0, 0.1) is 5.92 Å². The van der Waals surface area contributed by atoms with Gasteiger partial charge in [-0.05, 0) is 0 Å². The summed E-state index contributed by atoms with van der Waals surface area (Å²) in [6.45, 7) is 0. The van der Waals surface area contributed by atoms with E-state index in [1.54, 1.807) is 0 Å². The molecule has 1 amide bonds. The maximum Gasteiger partial charge on any atom is 0.394 e. The van der Waals surface area contributed by atoms with Crippen molar-refractivity contribution < 1.29 is 27.5 Å². The summed E-state index contributed by atoms with van der Waals surface area (Å²) >= 11 is 0. The van der Waals surface area contributed by atoms with Crippen molar-refractivity contribution in [3.8, 4) is 0 Å². The van der Waals surface area contributed by atoms with Gasteiger partial charge in [0.25, 0.3) is 0 Å². The van der Waals surface area contributed by atoms with Gasteiger partial charge < -0.3 is 10.1 Å². The highest BCUT2D eigenvalue weighted by Crippen LogP contribution is 2.34. The first kappa shape index (κ1) is 10.8. The molecule has 0 bridgehead atoms. The van der Waals surface area contributed by atoms with E-state index in [-0.39, 0.29) is 0 Å². The Labute approximate surface area is 77.4 Å². The molecule has 0 unspecified atom stereocenters. The van der Waals surface area contributed by atoms with Crippen molar-refractivity contribution >= 4 is 11.9 Å². The number of hydrogen-bond donors (Lipinski definition) is 1. The molecule has 4 nitrogen and oxygen atoms in total. The second-order valence-electron chi connectivity index (χ2n) is 2.92.